The zero-order chi connectivity index (χ0) is 15.4. The Hall–Kier alpha value is -2.70. The van der Waals surface area contributed by atoms with Gasteiger partial charge in [0.15, 0.2) is 0 Å². The molecule has 1 aromatic carbocycles. The van der Waals surface area contributed by atoms with Gasteiger partial charge >= 0.3 is 5.97 Å². The number of aryl methyl sites for hydroxylation is 1. The maximum absolute atomic E-state index is 12.1. The summed E-state index contributed by atoms with van der Waals surface area (Å²) in [5, 5.41) is 18.9. The summed E-state index contributed by atoms with van der Waals surface area (Å²) in [6, 6.07) is 5.54. The third-order valence-corrected chi connectivity index (χ3v) is 3.16. The molecule has 21 heavy (non-hydrogen) atoms. The lowest BCUT2D eigenvalue weighted by molar-refractivity contribution is -0.137. The molecule has 0 radical (unpaired) electrons. The molecule has 2 aromatic rings. The Labute approximate surface area is 121 Å². The van der Waals surface area contributed by atoms with Gasteiger partial charge in [0, 0.05) is 5.56 Å². The molecule has 0 aliphatic carbocycles. The second kappa shape index (κ2) is 6.17. The van der Waals surface area contributed by atoms with Crippen LogP contribution in [-0.2, 0) is 17.9 Å². The number of benzene rings is 1. The van der Waals surface area contributed by atoms with E-state index in [1.54, 1.807) is 6.07 Å². The van der Waals surface area contributed by atoms with Gasteiger partial charge in [-0.25, -0.2) is 4.68 Å². The number of hydrogen-bond acceptors (Lipinski definition) is 4. The first-order chi connectivity index (χ1) is 9.97. The van der Waals surface area contributed by atoms with E-state index in [1.165, 1.54) is 10.9 Å². The molecule has 1 heterocycles. The summed E-state index contributed by atoms with van der Waals surface area (Å²) in [7, 11) is 0. The summed E-state index contributed by atoms with van der Waals surface area (Å²) >= 11 is 0. The molecule has 110 valence electrons. The second-order valence-electron chi connectivity index (χ2n) is 4.73. The molecule has 0 fully saturated rings. The zero-order valence-electron chi connectivity index (χ0n) is 11.8. The predicted molar refractivity (Wildman–Crippen MR) is 74.7 cm³/mol. The van der Waals surface area contributed by atoms with Crippen molar-refractivity contribution in [2.45, 2.75) is 26.9 Å². The summed E-state index contributed by atoms with van der Waals surface area (Å²) in [5.41, 5.74) is 3.11. The SMILES string of the molecule is Cc1cccc(C(=O)NCc2cn(CC(=O)O)nn2)c1C. The van der Waals surface area contributed by atoms with Crippen LogP contribution in [-0.4, -0.2) is 32.0 Å². The Balaban J connectivity index is 1.99. The lowest BCUT2D eigenvalue weighted by atomic mass is 10.0. The maximum atomic E-state index is 12.1. The zero-order valence-corrected chi connectivity index (χ0v) is 11.8. The Kier molecular flexibility index (Phi) is 4.32. The smallest absolute Gasteiger partial charge is 0.325 e. The summed E-state index contributed by atoms with van der Waals surface area (Å²) in [4.78, 5) is 22.7. The first-order valence-corrected chi connectivity index (χ1v) is 6.42. The van der Waals surface area contributed by atoms with Crippen molar-refractivity contribution >= 4 is 11.9 Å². The molecular formula is C14H16N4O3. The number of nitrogens with one attached hydrogen (secondary N) is 1. The molecule has 1 amide bonds. The van der Waals surface area contributed by atoms with Crippen LogP contribution in [0.2, 0.25) is 0 Å². The van der Waals surface area contributed by atoms with Crippen LogP contribution in [0.5, 0.6) is 0 Å². The van der Waals surface area contributed by atoms with Crippen molar-refractivity contribution in [1.82, 2.24) is 20.3 Å². The van der Waals surface area contributed by atoms with Gasteiger partial charge in [-0.15, -0.1) is 5.10 Å². The Morgan fingerprint density at radius 1 is 1.33 bits per heavy atom. The van der Waals surface area contributed by atoms with E-state index in [9.17, 15) is 9.59 Å². The van der Waals surface area contributed by atoms with Crippen LogP contribution in [0.15, 0.2) is 24.4 Å². The van der Waals surface area contributed by atoms with Gasteiger partial charge in [-0.1, -0.05) is 17.3 Å². The average Bonchev–Trinajstić information content (AvgIpc) is 2.86. The molecule has 0 saturated heterocycles. The van der Waals surface area contributed by atoms with Gasteiger partial charge in [0.05, 0.1) is 12.7 Å². The largest absolute Gasteiger partial charge is 0.480 e. The summed E-state index contributed by atoms with van der Waals surface area (Å²) in [6.07, 6.45) is 1.50. The molecule has 0 aliphatic rings. The number of carbonyl (C=O) groups is 2. The Bertz CT molecular complexity index is 679. The molecular weight excluding hydrogens is 272 g/mol. The number of aromatic nitrogens is 3. The number of rotatable bonds is 5. The van der Waals surface area contributed by atoms with Crippen molar-refractivity contribution in [2.24, 2.45) is 0 Å². The average molecular weight is 288 g/mol. The van der Waals surface area contributed by atoms with Crippen molar-refractivity contribution in [3.8, 4) is 0 Å². The van der Waals surface area contributed by atoms with Crippen LogP contribution in [0.4, 0.5) is 0 Å². The fourth-order valence-electron chi connectivity index (χ4n) is 1.90. The van der Waals surface area contributed by atoms with Crippen LogP contribution in [0.1, 0.15) is 27.2 Å². The van der Waals surface area contributed by atoms with Crippen molar-refractivity contribution in [3.05, 3.63) is 46.8 Å². The molecule has 2 rings (SSSR count). The monoisotopic (exact) mass is 288 g/mol. The standard InChI is InChI=1S/C14H16N4O3/c1-9-4-3-5-12(10(9)2)14(21)15-6-11-7-18(17-16-11)8-13(19)20/h3-5,7H,6,8H2,1-2H3,(H,15,21)(H,19,20). The summed E-state index contributed by atoms with van der Waals surface area (Å²) in [6.45, 7) is 3.79. The molecule has 0 atom stereocenters. The fourth-order valence-corrected chi connectivity index (χ4v) is 1.90. The highest BCUT2D eigenvalue weighted by Crippen LogP contribution is 2.12. The first kappa shape index (κ1) is 14.7. The molecule has 7 nitrogen and oxygen atoms in total. The highest BCUT2D eigenvalue weighted by atomic mass is 16.4. The van der Waals surface area contributed by atoms with Gasteiger partial charge in [-0.05, 0) is 31.0 Å². The lowest BCUT2D eigenvalue weighted by Crippen LogP contribution is -2.24. The normalized spacial score (nSPS) is 10.4. The van der Waals surface area contributed by atoms with Crippen LogP contribution in [0.25, 0.3) is 0 Å². The minimum atomic E-state index is -0.995. The maximum Gasteiger partial charge on any atom is 0.325 e. The quantitative estimate of drug-likeness (QED) is 0.852. The fraction of sp³-hybridized carbons (Fsp3) is 0.286. The van der Waals surface area contributed by atoms with Crippen LogP contribution < -0.4 is 5.32 Å². The van der Waals surface area contributed by atoms with Crippen molar-refractivity contribution < 1.29 is 14.7 Å². The van der Waals surface area contributed by atoms with Crippen LogP contribution in [0.3, 0.4) is 0 Å². The molecule has 0 bridgehead atoms. The lowest BCUT2D eigenvalue weighted by Gasteiger charge is -2.08. The second-order valence-corrected chi connectivity index (χ2v) is 4.73. The van der Waals surface area contributed by atoms with Gasteiger partial charge in [-0.3, -0.25) is 9.59 Å². The van der Waals surface area contributed by atoms with Crippen LogP contribution in [0, 0.1) is 13.8 Å². The molecule has 2 N–H and O–H groups in total. The number of hydrogen-bond donors (Lipinski definition) is 2. The molecule has 0 unspecified atom stereocenters. The molecule has 0 spiro atoms. The molecule has 7 heteroatoms. The van der Waals surface area contributed by atoms with E-state index >= 15 is 0 Å². The topological polar surface area (TPSA) is 97.1 Å². The predicted octanol–water partition coefficient (Wildman–Crippen LogP) is 0.910. The van der Waals surface area contributed by atoms with Gasteiger partial charge in [-0.2, -0.15) is 0 Å². The summed E-state index contributed by atoms with van der Waals surface area (Å²) in [5.74, 6) is -1.19. The molecule has 1 aromatic heterocycles. The Morgan fingerprint density at radius 3 is 2.81 bits per heavy atom. The Morgan fingerprint density at radius 2 is 2.10 bits per heavy atom. The first-order valence-electron chi connectivity index (χ1n) is 6.42. The van der Waals surface area contributed by atoms with E-state index in [1.807, 2.05) is 26.0 Å². The number of nitrogens with zero attached hydrogens (tertiary/aromatic N) is 3. The number of carboxylic acid groups (broad SMARTS) is 1. The number of carboxylic acids is 1. The highest BCUT2D eigenvalue weighted by Gasteiger charge is 2.11. The van der Waals surface area contributed by atoms with Gasteiger partial charge in [0.25, 0.3) is 5.91 Å². The summed E-state index contributed by atoms with van der Waals surface area (Å²) < 4.78 is 1.21. The van der Waals surface area contributed by atoms with Crippen LogP contribution >= 0.6 is 0 Å². The number of amides is 1. The van der Waals surface area contributed by atoms with Crippen molar-refractivity contribution in [3.63, 3.8) is 0 Å². The van der Waals surface area contributed by atoms with E-state index < -0.39 is 5.97 Å². The van der Waals surface area contributed by atoms with Gasteiger partial charge in [0.2, 0.25) is 0 Å². The van der Waals surface area contributed by atoms with Crippen molar-refractivity contribution in [2.75, 3.05) is 0 Å². The van der Waals surface area contributed by atoms with E-state index in [-0.39, 0.29) is 19.0 Å². The van der Waals surface area contributed by atoms with E-state index in [0.29, 0.717) is 11.3 Å². The number of aliphatic carboxylic acids is 1. The van der Waals surface area contributed by atoms with Gasteiger partial charge < -0.3 is 10.4 Å². The molecule has 0 saturated carbocycles. The van der Waals surface area contributed by atoms with Crippen molar-refractivity contribution in [1.29, 1.82) is 0 Å². The third-order valence-electron chi connectivity index (χ3n) is 3.16. The van der Waals surface area contributed by atoms with E-state index in [4.69, 9.17) is 5.11 Å². The van der Waals surface area contributed by atoms with E-state index in [0.717, 1.165) is 11.1 Å². The molecule has 0 aliphatic heterocycles. The highest BCUT2D eigenvalue weighted by molar-refractivity contribution is 5.95. The van der Waals surface area contributed by atoms with E-state index in [2.05, 4.69) is 15.6 Å². The minimum Gasteiger partial charge on any atom is -0.480 e. The third kappa shape index (κ3) is 3.65. The number of carbonyl (C=O) groups excluding carboxylic acids is 1. The minimum absolute atomic E-state index is 0.191. The van der Waals surface area contributed by atoms with Gasteiger partial charge in [0.1, 0.15) is 12.2 Å².